The van der Waals surface area contributed by atoms with Gasteiger partial charge in [-0.25, -0.2) is 4.79 Å². The number of carboxylic acids is 1. The average molecular weight is 315 g/mol. The zero-order valence-electron chi connectivity index (χ0n) is 13.0. The number of rotatable bonds is 5. The van der Waals surface area contributed by atoms with E-state index >= 15 is 0 Å². The average Bonchev–Trinajstić information content (AvgIpc) is 3.30. The molecule has 2 aliphatic heterocycles. The first-order chi connectivity index (χ1) is 11.1. The predicted octanol–water partition coefficient (Wildman–Crippen LogP) is 0.911. The van der Waals surface area contributed by atoms with Crippen LogP contribution in [0.4, 0.5) is 0 Å². The topological polar surface area (TPSA) is 85.0 Å². The summed E-state index contributed by atoms with van der Waals surface area (Å²) in [4.78, 5) is 14.0. The zero-order chi connectivity index (χ0) is 16.0. The molecule has 3 aliphatic rings. The Kier molecular flexibility index (Phi) is 3.50. The van der Waals surface area contributed by atoms with E-state index in [2.05, 4.69) is 4.90 Å². The van der Waals surface area contributed by atoms with E-state index in [1.165, 1.54) is 0 Å². The maximum atomic E-state index is 11.7. The number of hydrogen-bond donors (Lipinski definition) is 2. The Balaban J connectivity index is 1.50. The third-order valence-electron chi connectivity index (χ3n) is 5.17. The van der Waals surface area contributed by atoms with E-state index < -0.39 is 5.97 Å². The van der Waals surface area contributed by atoms with Gasteiger partial charge in [0.2, 0.25) is 0 Å². The largest absolute Gasteiger partial charge is 0.562 e. The molecule has 2 heterocycles. The minimum Gasteiger partial charge on any atom is -0.562 e. The first-order valence-corrected chi connectivity index (χ1v) is 8.12. The molecule has 1 saturated heterocycles. The number of benzene rings is 1. The van der Waals surface area contributed by atoms with E-state index in [4.69, 9.17) is 15.1 Å². The summed E-state index contributed by atoms with van der Waals surface area (Å²) in [5.41, 5.74) is 7.08. The van der Waals surface area contributed by atoms with Crippen LogP contribution in [-0.4, -0.2) is 54.7 Å². The predicted molar refractivity (Wildman–Crippen MR) is 85.3 cm³/mol. The number of fused-ring (bicyclic) bond motifs is 1. The van der Waals surface area contributed by atoms with Gasteiger partial charge in [0, 0.05) is 25.2 Å². The molecule has 121 valence electrons. The molecule has 0 amide bonds. The molecule has 1 aliphatic carbocycles. The van der Waals surface area contributed by atoms with E-state index in [1.54, 1.807) is 13.5 Å². The lowest BCUT2D eigenvalue weighted by molar-refractivity contribution is -0.0165. The zero-order valence-corrected chi connectivity index (χ0v) is 13.0. The van der Waals surface area contributed by atoms with Crippen LogP contribution in [0, 0.1) is 0 Å². The highest BCUT2D eigenvalue weighted by Crippen LogP contribution is 2.44. The third-order valence-corrected chi connectivity index (χ3v) is 5.17. The van der Waals surface area contributed by atoms with Gasteiger partial charge in [0.1, 0.15) is 23.2 Å². The van der Waals surface area contributed by atoms with Crippen molar-refractivity contribution in [3.8, 4) is 11.5 Å². The van der Waals surface area contributed by atoms with Crippen molar-refractivity contribution in [2.24, 2.45) is 5.73 Å². The fourth-order valence-corrected chi connectivity index (χ4v) is 3.47. The van der Waals surface area contributed by atoms with Gasteiger partial charge in [0.25, 0.3) is 0 Å². The van der Waals surface area contributed by atoms with Crippen molar-refractivity contribution < 1.29 is 19.3 Å². The van der Waals surface area contributed by atoms with Gasteiger partial charge < -0.3 is 20.2 Å². The van der Waals surface area contributed by atoms with Gasteiger partial charge in [-0.2, -0.15) is 0 Å². The van der Waals surface area contributed by atoms with Crippen LogP contribution >= 0.6 is 0 Å². The van der Waals surface area contributed by atoms with Crippen LogP contribution in [0.1, 0.15) is 28.8 Å². The van der Waals surface area contributed by atoms with Gasteiger partial charge in [-0.05, 0) is 37.2 Å². The molecule has 7 heteroatoms. The van der Waals surface area contributed by atoms with Crippen LogP contribution in [0.2, 0.25) is 6.32 Å². The molecule has 0 bridgehead atoms. The molecule has 4 rings (SSSR count). The molecule has 1 radical (unpaired) electrons. The second kappa shape index (κ2) is 5.42. The number of hydrogen-bond acceptors (Lipinski definition) is 5. The Hall–Kier alpha value is -1.73. The van der Waals surface area contributed by atoms with Gasteiger partial charge in [-0.1, -0.05) is 6.07 Å². The second-order valence-electron chi connectivity index (χ2n) is 6.63. The maximum absolute atomic E-state index is 11.7. The highest BCUT2D eigenvalue weighted by molar-refractivity contribution is 6.29. The van der Waals surface area contributed by atoms with Crippen LogP contribution in [0.3, 0.4) is 0 Å². The summed E-state index contributed by atoms with van der Waals surface area (Å²) in [7, 11) is 1.65. The lowest BCUT2D eigenvalue weighted by Crippen LogP contribution is -2.60. The number of aryl methyl sites for hydroxylation is 1. The van der Waals surface area contributed by atoms with E-state index in [9.17, 15) is 9.90 Å². The van der Waals surface area contributed by atoms with Gasteiger partial charge in [-0.3, -0.25) is 4.90 Å². The van der Waals surface area contributed by atoms with Crippen LogP contribution in [0.15, 0.2) is 12.1 Å². The molecule has 0 spiro atoms. The number of carboxylic acid groups (broad SMARTS) is 1. The number of aromatic carboxylic acids is 1. The van der Waals surface area contributed by atoms with Crippen molar-refractivity contribution in [2.75, 3.05) is 19.6 Å². The van der Waals surface area contributed by atoms with Crippen molar-refractivity contribution in [3.63, 3.8) is 0 Å². The van der Waals surface area contributed by atoms with Crippen LogP contribution in [0.25, 0.3) is 0 Å². The summed E-state index contributed by atoms with van der Waals surface area (Å²) in [5, 5.41) is 9.55. The Morgan fingerprint density at radius 2 is 2.26 bits per heavy atom. The molecular formula is C16H20BN2O4. The third kappa shape index (κ3) is 2.48. The Morgan fingerprint density at radius 1 is 1.48 bits per heavy atom. The molecular weight excluding hydrogens is 295 g/mol. The summed E-state index contributed by atoms with van der Waals surface area (Å²) < 4.78 is 11.4. The Morgan fingerprint density at radius 3 is 2.91 bits per heavy atom. The summed E-state index contributed by atoms with van der Waals surface area (Å²) in [6, 6.07) is 3.66. The van der Waals surface area contributed by atoms with E-state index in [0.717, 1.165) is 44.2 Å². The Bertz CT molecular complexity index is 641. The standard InChI is InChI=1S/C16H20BN2O4/c18-9-16(4-5-16)19-7-11(8-19)22-12-2-1-10-3-6-17-23-14(10)13(12)15(20)21/h1-2,11H,3-9,18H2,(H,20,21). The molecule has 0 atom stereocenters. The molecule has 0 aromatic heterocycles. The highest BCUT2D eigenvalue weighted by Gasteiger charge is 2.51. The number of nitrogens with two attached hydrogens (primary N) is 1. The lowest BCUT2D eigenvalue weighted by atomic mass is 9.85. The second-order valence-corrected chi connectivity index (χ2v) is 6.63. The summed E-state index contributed by atoms with van der Waals surface area (Å²) in [6.45, 7) is 2.29. The molecule has 1 saturated carbocycles. The molecule has 2 fully saturated rings. The quantitative estimate of drug-likeness (QED) is 0.786. The minimum atomic E-state index is -1.01. The molecule has 3 N–H and O–H groups in total. The van der Waals surface area contributed by atoms with E-state index in [-0.39, 0.29) is 17.2 Å². The monoisotopic (exact) mass is 315 g/mol. The summed E-state index contributed by atoms with van der Waals surface area (Å²) >= 11 is 0. The summed E-state index contributed by atoms with van der Waals surface area (Å²) in [5.74, 6) is -0.184. The highest BCUT2D eigenvalue weighted by atomic mass is 16.5. The van der Waals surface area contributed by atoms with Gasteiger partial charge >= 0.3 is 13.5 Å². The molecule has 23 heavy (non-hydrogen) atoms. The van der Waals surface area contributed by atoms with E-state index in [0.29, 0.717) is 18.0 Å². The van der Waals surface area contributed by atoms with E-state index in [1.807, 2.05) is 6.07 Å². The van der Waals surface area contributed by atoms with Crippen molar-refractivity contribution in [2.45, 2.75) is 37.2 Å². The van der Waals surface area contributed by atoms with Gasteiger partial charge in [0.15, 0.2) is 0 Å². The lowest BCUT2D eigenvalue weighted by Gasteiger charge is -2.44. The van der Waals surface area contributed by atoms with Crippen molar-refractivity contribution >= 4 is 13.5 Å². The summed E-state index contributed by atoms with van der Waals surface area (Å²) in [6.07, 6.45) is 3.91. The Labute approximate surface area is 135 Å². The number of nitrogens with zero attached hydrogens (tertiary/aromatic N) is 1. The number of ether oxygens (including phenoxy) is 1. The normalized spacial score (nSPS) is 22.3. The first kappa shape index (κ1) is 14.8. The number of likely N-dealkylation sites (tertiary alicyclic amines) is 1. The maximum Gasteiger partial charge on any atom is 0.370 e. The van der Waals surface area contributed by atoms with Crippen molar-refractivity contribution in [1.29, 1.82) is 0 Å². The fraction of sp³-hybridized carbons (Fsp3) is 0.562. The minimum absolute atomic E-state index is 0.0164. The van der Waals surface area contributed by atoms with Crippen LogP contribution in [-0.2, 0) is 6.42 Å². The van der Waals surface area contributed by atoms with Crippen molar-refractivity contribution in [1.82, 2.24) is 4.90 Å². The van der Waals surface area contributed by atoms with Gasteiger partial charge in [0.05, 0.1) is 0 Å². The molecule has 0 unspecified atom stereocenters. The van der Waals surface area contributed by atoms with Crippen molar-refractivity contribution in [3.05, 3.63) is 23.3 Å². The SMILES string of the molecule is NCC1(N2CC(Oc3ccc4c(c3C(=O)O)O[B]CC4)C2)CC1. The van der Waals surface area contributed by atoms with Gasteiger partial charge in [-0.15, -0.1) is 0 Å². The van der Waals surface area contributed by atoms with Crippen LogP contribution < -0.4 is 15.1 Å². The van der Waals surface area contributed by atoms with Crippen LogP contribution in [0.5, 0.6) is 11.5 Å². The molecule has 1 aromatic carbocycles. The first-order valence-electron chi connectivity index (χ1n) is 8.12. The molecule has 6 nitrogen and oxygen atoms in total. The smallest absolute Gasteiger partial charge is 0.370 e. The fourth-order valence-electron chi connectivity index (χ4n) is 3.47. The number of carbonyl (C=O) groups is 1. The molecule has 1 aromatic rings.